The molecule has 0 aliphatic rings. The Morgan fingerprint density at radius 3 is 2.00 bits per heavy atom. The third kappa shape index (κ3) is 6.64. The van der Waals surface area contributed by atoms with E-state index in [0.717, 1.165) is 0 Å². The molecule has 0 aliphatic carbocycles. The first-order valence-corrected chi connectivity index (χ1v) is 7.55. The van der Waals surface area contributed by atoms with Crippen LogP contribution < -0.4 is 0 Å². The molecule has 0 unspecified atom stereocenters. The molecule has 0 saturated carbocycles. The first kappa shape index (κ1) is 15.0. The Morgan fingerprint density at radius 1 is 0.833 bits per heavy atom. The maximum absolute atomic E-state index is 2.32. The van der Waals surface area contributed by atoms with Crippen molar-refractivity contribution >= 4 is 0 Å². The van der Waals surface area contributed by atoms with Crippen LogP contribution in [0.4, 0.5) is 0 Å². The van der Waals surface area contributed by atoms with Gasteiger partial charge in [0, 0.05) is 0 Å². The first-order chi connectivity index (χ1) is 8.86. The second-order valence-electron chi connectivity index (χ2n) is 5.09. The van der Waals surface area contributed by atoms with E-state index in [1.165, 1.54) is 62.5 Å². The Balaban J connectivity index is 2.24. The van der Waals surface area contributed by atoms with Gasteiger partial charge >= 0.3 is 0 Å². The van der Waals surface area contributed by atoms with Crippen LogP contribution >= 0.6 is 0 Å². The zero-order valence-corrected chi connectivity index (χ0v) is 12.1. The maximum atomic E-state index is 2.32. The van der Waals surface area contributed by atoms with Crippen LogP contribution in [0.15, 0.2) is 36.4 Å². The van der Waals surface area contributed by atoms with Gasteiger partial charge in [-0.1, -0.05) is 62.6 Å². The van der Waals surface area contributed by atoms with Crippen LogP contribution in [0.1, 0.15) is 63.5 Å². The summed E-state index contributed by atoms with van der Waals surface area (Å²) in [6, 6.07) is 9.25. The lowest BCUT2D eigenvalue weighted by Gasteiger charge is -2.04. The summed E-state index contributed by atoms with van der Waals surface area (Å²) in [7, 11) is 0. The van der Waals surface area contributed by atoms with E-state index >= 15 is 0 Å². The molecule has 0 heterocycles. The third-order valence-corrected chi connectivity index (χ3v) is 3.41. The predicted molar refractivity (Wildman–Crippen MR) is 82.0 cm³/mol. The number of allylic oxidation sites excluding steroid dienone is 2. The molecule has 0 fully saturated rings. The molecule has 0 aliphatic heterocycles. The van der Waals surface area contributed by atoms with Crippen molar-refractivity contribution in [3.63, 3.8) is 0 Å². The van der Waals surface area contributed by atoms with Crippen LogP contribution in [0.5, 0.6) is 0 Å². The lowest BCUT2D eigenvalue weighted by Crippen LogP contribution is -1.89. The first-order valence-electron chi connectivity index (χ1n) is 7.55. The predicted octanol–water partition coefficient (Wildman–Crippen LogP) is 5.71. The van der Waals surface area contributed by atoms with Crippen LogP contribution in [0.3, 0.4) is 0 Å². The molecule has 0 nitrogen and oxygen atoms in total. The monoisotopic (exact) mass is 244 g/mol. The summed E-state index contributed by atoms with van der Waals surface area (Å²) in [5.41, 5.74) is 2.99. The van der Waals surface area contributed by atoms with Crippen molar-refractivity contribution in [2.45, 2.75) is 65.2 Å². The van der Waals surface area contributed by atoms with Crippen molar-refractivity contribution < 1.29 is 0 Å². The van der Waals surface area contributed by atoms with E-state index in [2.05, 4.69) is 50.3 Å². The Kier molecular flexibility index (Phi) is 8.29. The summed E-state index contributed by atoms with van der Waals surface area (Å²) in [6.07, 6.45) is 14.7. The second kappa shape index (κ2) is 9.94. The molecule has 0 bridgehead atoms. The molecule has 0 atom stereocenters. The lowest BCUT2D eigenvalue weighted by atomic mass is 10.0. The maximum Gasteiger partial charge on any atom is -0.0276 e. The normalized spacial score (nSPS) is 11.2. The van der Waals surface area contributed by atoms with E-state index in [0.29, 0.717) is 0 Å². The van der Waals surface area contributed by atoms with E-state index in [1.54, 1.807) is 0 Å². The number of unbranched alkanes of at least 4 members (excludes halogenated alkanes) is 4. The van der Waals surface area contributed by atoms with Gasteiger partial charge < -0.3 is 0 Å². The zero-order valence-electron chi connectivity index (χ0n) is 12.1. The van der Waals surface area contributed by atoms with Crippen LogP contribution in [0.2, 0.25) is 0 Å². The fraction of sp³-hybridized carbons (Fsp3) is 0.556. The van der Waals surface area contributed by atoms with Gasteiger partial charge in [0.25, 0.3) is 0 Å². The van der Waals surface area contributed by atoms with E-state index in [4.69, 9.17) is 0 Å². The highest BCUT2D eigenvalue weighted by atomic mass is 14.0. The Hall–Kier alpha value is -1.04. The van der Waals surface area contributed by atoms with Crippen molar-refractivity contribution in [3.8, 4) is 0 Å². The molecule has 0 aromatic heterocycles. The van der Waals surface area contributed by atoms with Gasteiger partial charge in [-0.25, -0.2) is 0 Å². The molecule has 0 amide bonds. The molecule has 0 heteroatoms. The number of aryl methyl sites for hydroxylation is 2. The molecular formula is C18H28. The summed E-state index contributed by atoms with van der Waals surface area (Å²) >= 11 is 0. The van der Waals surface area contributed by atoms with Crippen molar-refractivity contribution in [2.24, 2.45) is 0 Å². The highest BCUT2D eigenvalue weighted by molar-refractivity contribution is 5.22. The molecule has 100 valence electrons. The molecule has 0 spiro atoms. The molecule has 1 aromatic rings. The van der Waals surface area contributed by atoms with Crippen molar-refractivity contribution in [2.75, 3.05) is 0 Å². The molecule has 18 heavy (non-hydrogen) atoms. The van der Waals surface area contributed by atoms with Gasteiger partial charge in [0.1, 0.15) is 0 Å². The third-order valence-electron chi connectivity index (χ3n) is 3.41. The highest BCUT2D eigenvalue weighted by Crippen LogP contribution is 2.11. The van der Waals surface area contributed by atoms with Crippen molar-refractivity contribution in [1.29, 1.82) is 0 Å². The van der Waals surface area contributed by atoms with E-state index in [9.17, 15) is 0 Å². The van der Waals surface area contributed by atoms with Gasteiger partial charge in [-0.2, -0.15) is 0 Å². The summed E-state index contributed by atoms with van der Waals surface area (Å²) in [4.78, 5) is 0. The summed E-state index contributed by atoms with van der Waals surface area (Å²) in [6.45, 7) is 4.36. The van der Waals surface area contributed by atoms with Gasteiger partial charge in [0.15, 0.2) is 0 Å². The largest absolute Gasteiger partial charge is 0.0917 e. The molecule has 1 aromatic carbocycles. The average molecular weight is 244 g/mol. The van der Waals surface area contributed by atoms with Crippen LogP contribution in [-0.4, -0.2) is 0 Å². The lowest BCUT2D eigenvalue weighted by molar-refractivity contribution is 0.666. The number of rotatable bonds is 9. The topological polar surface area (TPSA) is 0 Å². The molecule has 0 saturated heterocycles. The summed E-state index contributed by atoms with van der Waals surface area (Å²) in [5.74, 6) is 0. The van der Waals surface area contributed by atoms with Gasteiger partial charge in [-0.05, 0) is 50.2 Å². The Labute approximate surface area is 113 Å². The molecule has 0 radical (unpaired) electrons. The molecule has 0 N–H and O–H groups in total. The number of hydrogen-bond donors (Lipinski definition) is 0. The quantitative estimate of drug-likeness (QED) is 0.385. The minimum absolute atomic E-state index is 1.20. The van der Waals surface area contributed by atoms with E-state index in [-0.39, 0.29) is 0 Å². The SMILES string of the molecule is C/C=C/CCCc1ccc(CCCCCC)cc1. The van der Waals surface area contributed by atoms with Crippen molar-refractivity contribution in [1.82, 2.24) is 0 Å². The summed E-state index contributed by atoms with van der Waals surface area (Å²) in [5, 5.41) is 0. The van der Waals surface area contributed by atoms with E-state index in [1.807, 2.05) is 0 Å². The van der Waals surface area contributed by atoms with Crippen LogP contribution in [0, 0.1) is 0 Å². The fourth-order valence-corrected chi connectivity index (χ4v) is 2.22. The van der Waals surface area contributed by atoms with Crippen LogP contribution in [0.25, 0.3) is 0 Å². The Morgan fingerprint density at radius 2 is 1.44 bits per heavy atom. The molecule has 1 rings (SSSR count). The molecular weight excluding hydrogens is 216 g/mol. The van der Waals surface area contributed by atoms with Crippen LogP contribution in [-0.2, 0) is 12.8 Å². The minimum Gasteiger partial charge on any atom is -0.0917 e. The van der Waals surface area contributed by atoms with Gasteiger partial charge in [0.05, 0.1) is 0 Å². The van der Waals surface area contributed by atoms with Crippen molar-refractivity contribution in [3.05, 3.63) is 47.5 Å². The smallest absolute Gasteiger partial charge is 0.0276 e. The summed E-state index contributed by atoms with van der Waals surface area (Å²) < 4.78 is 0. The second-order valence-corrected chi connectivity index (χ2v) is 5.09. The average Bonchev–Trinajstić information content (AvgIpc) is 2.41. The zero-order chi connectivity index (χ0) is 13.1. The number of hydrogen-bond acceptors (Lipinski definition) is 0. The van der Waals surface area contributed by atoms with E-state index < -0.39 is 0 Å². The Bertz CT molecular complexity index is 318. The minimum atomic E-state index is 1.20. The highest BCUT2D eigenvalue weighted by Gasteiger charge is 1.95. The van der Waals surface area contributed by atoms with Gasteiger partial charge in [-0.15, -0.1) is 0 Å². The fourth-order valence-electron chi connectivity index (χ4n) is 2.22. The van der Waals surface area contributed by atoms with Gasteiger partial charge in [-0.3, -0.25) is 0 Å². The number of benzene rings is 1. The standard InChI is InChI=1S/C18H28/c1-3-5-7-9-11-17-13-15-18(16-14-17)12-10-8-6-4-2/h3,5,13-16H,4,6-12H2,1-2H3/b5-3+. The van der Waals surface area contributed by atoms with Gasteiger partial charge in [0.2, 0.25) is 0 Å².